The van der Waals surface area contributed by atoms with E-state index in [1.807, 2.05) is 48.7 Å². The van der Waals surface area contributed by atoms with Crippen LogP contribution in [0.5, 0.6) is 0 Å². The molecule has 0 spiro atoms. The van der Waals surface area contributed by atoms with Crippen molar-refractivity contribution in [2.45, 2.75) is 51.7 Å². The van der Waals surface area contributed by atoms with E-state index in [4.69, 9.17) is 4.98 Å². The molecule has 0 radical (unpaired) electrons. The Morgan fingerprint density at radius 2 is 2.07 bits per heavy atom. The average Bonchev–Trinajstić information content (AvgIpc) is 3.08. The number of aryl methyl sites for hydroxylation is 2. The van der Waals surface area contributed by atoms with Crippen LogP contribution in [0.1, 0.15) is 40.9 Å². The highest BCUT2D eigenvalue weighted by Gasteiger charge is 2.17. The molecular weight excluding hydrogens is 356 g/mol. The van der Waals surface area contributed by atoms with Crippen LogP contribution in [0.15, 0.2) is 35.3 Å². The monoisotopic (exact) mass is 386 g/mol. The molecule has 0 aliphatic heterocycles. The van der Waals surface area contributed by atoms with Crippen molar-refractivity contribution in [1.82, 2.24) is 15.2 Å². The van der Waals surface area contributed by atoms with Gasteiger partial charge in [-0.25, -0.2) is 4.98 Å². The van der Waals surface area contributed by atoms with E-state index < -0.39 is 6.10 Å². The molecule has 2 aromatic rings. The van der Waals surface area contributed by atoms with Gasteiger partial charge in [-0.2, -0.15) is 0 Å². The maximum Gasteiger partial charge on any atom is 0.194 e. The van der Waals surface area contributed by atoms with Crippen molar-refractivity contribution in [2.24, 2.45) is 4.99 Å². The van der Waals surface area contributed by atoms with Gasteiger partial charge in [0.15, 0.2) is 5.96 Å². The van der Waals surface area contributed by atoms with Gasteiger partial charge >= 0.3 is 0 Å². The molecule has 3 rings (SSSR count). The van der Waals surface area contributed by atoms with Gasteiger partial charge in [0.25, 0.3) is 0 Å². The van der Waals surface area contributed by atoms with E-state index in [0.717, 1.165) is 36.0 Å². The van der Waals surface area contributed by atoms with Gasteiger partial charge in [0.1, 0.15) is 5.01 Å². The third kappa shape index (κ3) is 5.78. The Morgan fingerprint density at radius 1 is 1.30 bits per heavy atom. The van der Waals surface area contributed by atoms with Gasteiger partial charge in [-0.3, -0.25) is 4.99 Å². The molecule has 27 heavy (non-hydrogen) atoms. The van der Waals surface area contributed by atoms with Crippen LogP contribution in [0.4, 0.5) is 0 Å². The minimum atomic E-state index is -0.485. The standard InChI is InChI=1S/C21H30N4OS/c1-3-22-21(23-14-17(26)13-16-9-5-4-6-10-16)25(2)15-20-24-18-11-7-8-12-19(18)27-20/h4-6,9-10,17,26H,3,7-8,11-15H2,1-2H3,(H,22,23). The quantitative estimate of drug-likeness (QED) is 0.567. The molecule has 0 fully saturated rings. The third-order valence-corrected chi connectivity index (χ3v) is 5.87. The molecule has 1 aliphatic carbocycles. The molecule has 1 aromatic carbocycles. The lowest BCUT2D eigenvalue weighted by molar-refractivity contribution is 0.183. The Kier molecular flexibility index (Phi) is 7.24. The van der Waals surface area contributed by atoms with Crippen LogP contribution >= 0.6 is 11.3 Å². The summed E-state index contributed by atoms with van der Waals surface area (Å²) in [5.41, 5.74) is 2.43. The summed E-state index contributed by atoms with van der Waals surface area (Å²) in [6, 6.07) is 10.1. The van der Waals surface area contributed by atoms with Gasteiger partial charge in [-0.15, -0.1) is 11.3 Å². The molecule has 1 unspecified atom stereocenters. The smallest absolute Gasteiger partial charge is 0.194 e. The lowest BCUT2D eigenvalue weighted by Gasteiger charge is -2.21. The Bertz CT molecular complexity index is 720. The molecule has 5 nitrogen and oxygen atoms in total. The van der Waals surface area contributed by atoms with E-state index in [9.17, 15) is 5.11 Å². The van der Waals surface area contributed by atoms with Crippen molar-refractivity contribution in [3.8, 4) is 0 Å². The number of rotatable bonds is 7. The highest BCUT2D eigenvalue weighted by molar-refractivity contribution is 7.11. The predicted molar refractivity (Wildman–Crippen MR) is 112 cm³/mol. The molecule has 146 valence electrons. The van der Waals surface area contributed by atoms with Crippen molar-refractivity contribution >= 4 is 17.3 Å². The number of fused-ring (bicyclic) bond motifs is 1. The Labute approximate surface area is 166 Å². The Morgan fingerprint density at radius 3 is 2.81 bits per heavy atom. The first kappa shape index (κ1) is 19.8. The molecule has 1 aliphatic rings. The van der Waals surface area contributed by atoms with Crippen LogP contribution in [0.3, 0.4) is 0 Å². The lowest BCUT2D eigenvalue weighted by Crippen LogP contribution is -2.39. The number of hydrogen-bond acceptors (Lipinski definition) is 4. The normalized spacial score (nSPS) is 15.3. The first-order valence-electron chi connectivity index (χ1n) is 9.84. The first-order chi connectivity index (χ1) is 13.2. The number of guanidine groups is 1. The van der Waals surface area contributed by atoms with E-state index in [2.05, 4.69) is 22.1 Å². The summed E-state index contributed by atoms with van der Waals surface area (Å²) in [4.78, 5) is 13.0. The van der Waals surface area contributed by atoms with Crippen LogP contribution in [0.2, 0.25) is 0 Å². The predicted octanol–water partition coefficient (Wildman–Crippen LogP) is 3.02. The van der Waals surface area contributed by atoms with E-state index in [1.54, 1.807) is 0 Å². The van der Waals surface area contributed by atoms with Gasteiger partial charge in [0, 0.05) is 24.9 Å². The molecular formula is C21H30N4OS. The summed E-state index contributed by atoms with van der Waals surface area (Å²) in [6.45, 7) is 3.99. The number of nitrogens with zero attached hydrogens (tertiary/aromatic N) is 3. The largest absolute Gasteiger partial charge is 0.391 e. The van der Waals surface area contributed by atoms with Crippen LogP contribution in [-0.2, 0) is 25.8 Å². The van der Waals surface area contributed by atoms with Gasteiger partial charge < -0.3 is 15.3 Å². The van der Waals surface area contributed by atoms with Gasteiger partial charge in [-0.1, -0.05) is 30.3 Å². The summed E-state index contributed by atoms with van der Waals surface area (Å²) < 4.78 is 0. The Hall–Kier alpha value is -1.92. The number of aromatic nitrogens is 1. The van der Waals surface area contributed by atoms with Crippen molar-refractivity contribution in [1.29, 1.82) is 0 Å². The zero-order valence-corrected chi connectivity index (χ0v) is 17.1. The highest BCUT2D eigenvalue weighted by atomic mass is 32.1. The topological polar surface area (TPSA) is 60.8 Å². The van der Waals surface area contributed by atoms with Crippen molar-refractivity contribution < 1.29 is 5.11 Å². The molecule has 0 amide bonds. The van der Waals surface area contributed by atoms with E-state index in [1.165, 1.54) is 29.8 Å². The van der Waals surface area contributed by atoms with E-state index in [-0.39, 0.29) is 0 Å². The maximum atomic E-state index is 10.3. The number of thiazole rings is 1. The minimum absolute atomic E-state index is 0.385. The summed E-state index contributed by atoms with van der Waals surface area (Å²) in [7, 11) is 2.03. The van der Waals surface area contributed by atoms with Gasteiger partial charge in [0.05, 0.1) is 24.9 Å². The summed E-state index contributed by atoms with van der Waals surface area (Å²) >= 11 is 1.84. The maximum absolute atomic E-state index is 10.3. The van der Waals surface area contributed by atoms with E-state index >= 15 is 0 Å². The van der Waals surface area contributed by atoms with Crippen LogP contribution in [-0.4, -0.2) is 47.2 Å². The van der Waals surface area contributed by atoms with Crippen molar-refractivity contribution in [3.05, 3.63) is 51.5 Å². The SMILES string of the molecule is CCNC(=NCC(O)Cc1ccccc1)N(C)Cc1nc2c(s1)CCCC2. The fourth-order valence-corrected chi connectivity index (χ4v) is 4.57. The fraction of sp³-hybridized carbons (Fsp3) is 0.524. The van der Waals surface area contributed by atoms with E-state index in [0.29, 0.717) is 13.0 Å². The second-order valence-electron chi connectivity index (χ2n) is 7.08. The molecule has 1 heterocycles. The summed E-state index contributed by atoms with van der Waals surface area (Å²) in [5.74, 6) is 0.817. The molecule has 6 heteroatoms. The molecule has 2 N–H and O–H groups in total. The lowest BCUT2D eigenvalue weighted by atomic mass is 10.0. The number of hydrogen-bond donors (Lipinski definition) is 2. The third-order valence-electron chi connectivity index (χ3n) is 4.72. The number of aliphatic imine (C=N–C) groups is 1. The first-order valence-corrected chi connectivity index (χ1v) is 10.7. The van der Waals surface area contributed by atoms with Crippen LogP contribution in [0, 0.1) is 0 Å². The molecule has 1 aromatic heterocycles. The average molecular weight is 387 g/mol. The van der Waals surface area contributed by atoms with Gasteiger partial charge in [0.2, 0.25) is 0 Å². The van der Waals surface area contributed by atoms with Crippen molar-refractivity contribution in [3.63, 3.8) is 0 Å². The number of benzene rings is 1. The molecule has 0 saturated heterocycles. The molecule has 0 bridgehead atoms. The highest BCUT2D eigenvalue weighted by Crippen LogP contribution is 2.27. The zero-order chi connectivity index (χ0) is 19.1. The number of nitrogens with one attached hydrogen (secondary N) is 1. The molecule has 1 atom stereocenters. The minimum Gasteiger partial charge on any atom is -0.391 e. The Balaban J connectivity index is 1.59. The summed E-state index contributed by atoms with van der Waals surface area (Å²) in [5, 5.41) is 14.8. The zero-order valence-electron chi connectivity index (χ0n) is 16.3. The second-order valence-corrected chi connectivity index (χ2v) is 8.25. The summed E-state index contributed by atoms with van der Waals surface area (Å²) in [6.07, 6.45) is 4.98. The molecule has 0 saturated carbocycles. The second kappa shape index (κ2) is 9.85. The number of aliphatic hydroxyl groups is 1. The van der Waals surface area contributed by atoms with Gasteiger partial charge in [-0.05, 0) is 38.2 Å². The fourth-order valence-electron chi connectivity index (χ4n) is 3.36. The van der Waals surface area contributed by atoms with Crippen LogP contribution in [0.25, 0.3) is 0 Å². The number of aliphatic hydroxyl groups excluding tert-OH is 1. The van der Waals surface area contributed by atoms with Crippen molar-refractivity contribution in [2.75, 3.05) is 20.1 Å². The van der Waals surface area contributed by atoms with Crippen LogP contribution < -0.4 is 5.32 Å².